The number of hydrogen-bond donors (Lipinski definition) is 1. The molecule has 0 bridgehead atoms. The molecule has 0 saturated heterocycles. The maximum atomic E-state index is 2.45. The van der Waals surface area contributed by atoms with E-state index in [0.29, 0.717) is 5.54 Å². The van der Waals surface area contributed by atoms with Crippen LogP contribution >= 0.6 is 0 Å². The summed E-state index contributed by atoms with van der Waals surface area (Å²) in [5.74, 6) is 0. The van der Waals surface area contributed by atoms with Gasteiger partial charge in [-0.1, -0.05) is 32.6 Å². The summed E-state index contributed by atoms with van der Waals surface area (Å²) in [6, 6.07) is 0. The zero-order valence-corrected chi connectivity index (χ0v) is 11.2. The summed E-state index contributed by atoms with van der Waals surface area (Å²) < 4.78 is 0. The summed E-state index contributed by atoms with van der Waals surface area (Å²) in [7, 11) is 0. The number of quaternary nitrogens is 1. The van der Waals surface area contributed by atoms with E-state index in [1.807, 2.05) is 0 Å². The van der Waals surface area contributed by atoms with Gasteiger partial charge in [-0.2, -0.15) is 0 Å². The molecule has 2 heteroatoms. The van der Waals surface area contributed by atoms with Crippen molar-refractivity contribution in [2.45, 2.75) is 71.8 Å². The topological polar surface area (TPSA) is 16.6 Å². The van der Waals surface area contributed by atoms with Crippen molar-refractivity contribution in [2.24, 2.45) is 0 Å². The molecule has 14 heavy (non-hydrogen) atoms. The maximum Gasteiger partial charge on any atom is 0.0876 e. The van der Waals surface area contributed by atoms with Crippen molar-refractivity contribution >= 4 is 0 Å². The summed E-state index contributed by atoms with van der Waals surface area (Å²) in [5, 5.41) is 2.45. The Labute approximate surface area is 96.5 Å². The molecule has 0 radical (unpaired) electrons. The number of unbranched alkanes of at least 4 members (excludes halogenated alkanes) is 5. The minimum atomic E-state index is 0. The van der Waals surface area contributed by atoms with Crippen LogP contribution < -0.4 is 17.7 Å². The van der Waals surface area contributed by atoms with Crippen molar-refractivity contribution in [3.05, 3.63) is 0 Å². The lowest BCUT2D eigenvalue weighted by Gasteiger charge is -2.16. The van der Waals surface area contributed by atoms with E-state index >= 15 is 0 Å². The van der Waals surface area contributed by atoms with E-state index in [9.17, 15) is 0 Å². The molecule has 0 aromatic heterocycles. The Morgan fingerprint density at radius 2 is 1.36 bits per heavy atom. The predicted octanol–water partition coefficient (Wildman–Crippen LogP) is -0.287. The molecule has 0 aromatic carbocycles. The Morgan fingerprint density at radius 3 is 1.86 bits per heavy atom. The molecule has 0 aliphatic rings. The van der Waals surface area contributed by atoms with Crippen molar-refractivity contribution in [3.63, 3.8) is 0 Å². The third-order valence-electron chi connectivity index (χ3n) is 2.31. The fourth-order valence-electron chi connectivity index (χ4n) is 1.46. The fourth-order valence-corrected chi connectivity index (χ4v) is 1.46. The average Bonchev–Trinajstić information content (AvgIpc) is 2.01. The van der Waals surface area contributed by atoms with Crippen LogP contribution in [0.15, 0.2) is 0 Å². The van der Waals surface area contributed by atoms with Crippen LogP contribution in [0.2, 0.25) is 0 Å². The van der Waals surface area contributed by atoms with Gasteiger partial charge < -0.3 is 17.7 Å². The Bertz CT molecular complexity index is 107. The second-order valence-corrected chi connectivity index (χ2v) is 5.13. The zero-order chi connectivity index (χ0) is 10.2. The Hall–Kier alpha value is 0.250. The van der Waals surface area contributed by atoms with Gasteiger partial charge in [0.05, 0.1) is 12.1 Å². The molecule has 0 amide bonds. The maximum absolute atomic E-state index is 2.45. The van der Waals surface area contributed by atoms with Gasteiger partial charge in [0.15, 0.2) is 0 Å². The number of nitrogens with two attached hydrogens (primary N) is 1. The van der Waals surface area contributed by atoms with Gasteiger partial charge in [-0.05, 0) is 33.6 Å². The van der Waals surface area contributed by atoms with E-state index in [1.54, 1.807) is 0 Å². The number of rotatable bonds is 7. The standard InChI is InChI=1S/C12H27N.ClH/c1-5-6-7-8-9-10-11-13-12(2,3)4;/h13H,5-11H2,1-4H3;1H. The lowest BCUT2D eigenvalue weighted by atomic mass is 10.1. The van der Waals surface area contributed by atoms with Crippen molar-refractivity contribution < 1.29 is 17.7 Å². The second-order valence-electron chi connectivity index (χ2n) is 5.13. The van der Waals surface area contributed by atoms with Gasteiger partial charge >= 0.3 is 0 Å². The quantitative estimate of drug-likeness (QED) is 0.570. The molecular weight excluding hydrogens is 194 g/mol. The van der Waals surface area contributed by atoms with Crippen LogP contribution in [0.25, 0.3) is 0 Å². The average molecular weight is 222 g/mol. The first-order valence-corrected chi connectivity index (χ1v) is 5.90. The Morgan fingerprint density at radius 1 is 0.857 bits per heavy atom. The van der Waals surface area contributed by atoms with Crippen LogP contribution in [0.5, 0.6) is 0 Å². The number of hydrogen-bond acceptors (Lipinski definition) is 0. The lowest BCUT2D eigenvalue weighted by Crippen LogP contribution is -3.00. The van der Waals surface area contributed by atoms with E-state index in [1.165, 1.54) is 45.1 Å². The zero-order valence-electron chi connectivity index (χ0n) is 10.4. The molecule has 88 valence electrons. The molecule has 0 heterocycles. The molecule has 1 nitrogen and oxygen atoms in total. The van der Waals surface area contributed by atoms with Gasteiger partial charge in [-0.15, -0.1) is 0 Å². The molecule has 0 rings (SSSR count). The van der Waals surface area contributed by atoms with E-state index in [4.69, 9.17) is 0 Å². The summed E-state index contributed by atoms with van der Waals surface area (Å²) >= 11 is 0. The molecule has 0 aliphatic heterocycles. The smallest absolute Gasteiger partial charge is 0.0876 e. The summed E-state index contributed by atoms with van der Waals surface area (Å²) in [6.07, 6.45) is 8.46. The summed E-state index contributed by atoms with van der Waals surface area (Å²) in [5.41, 5.74) is 0.420. The monoisotopic (exact) mass is 221 g/mol. The third-order valence-corrected chi connectivity index (χ3v) is 2.31. The molecule has 0 fully saturated rings. The van der Waals surface area contributed by atoms with Gasteiger partial charge in [0.25, 0.3) is 0 Å². The summed E-state index contributed by atoms with van der Waals surface area (Å²) in [6.45, 7) is 10.4. The molecule has 0 saturated carbocycles. The SMILES string of the molecule is CCCCCCCC[NH2+]C(C)(C)C.[Cl-]. The van der Waals surface area contributed by atoms with Crippen LogP contribution in [-0.2, 0) is 0 Å². The van der Waals surface area contributed by atoms with Crippen LogP contribution in [0, 0.1) is 0 Å². The number of halogens is 1. The van der Waals surface area contributed by atoms with Crippen molar-refractivity contribution in [1.29, 1.82) is 0 Å². The van der Waals surface area contributed by atoms with Crippen molar-refractivity contribution in [2.75, 3.05) is 6.54 Å². The Balaban J connectivity index is 0. The van der Waals surface area contributed by atoms with Gasteiger partial charge in [0.1, 0.15) is 0 Å². The van der Waals surface area contributed by atoms with Gasteiger partial charge in [-0.3, -0.25) is 0 Å². The van der Waals surface area contributed by atoms with Crippen LogP contribution in [-0.4, -0.2) is 12.1 Å². The lowest BCUT2D eigenvalue weighted by molar-refractivity contribution is -0.717. The fraction of sp³-hybridized carbons (Fsp3) is 1.00. The van der Waals surface area contributed by atoms with E-state index in [-0.39, 0.29) is 12.4 Å². The first-order chi connectivity index (χ1) is 6.06. The van der Waals surface area contributed by atoms with Gasteiger partial charge in [0.2, 0.25) is 0 Å². The molecule has 2 N–H and O–H groups in total. The highest BCUT2D eigenvalue weighted by atomic mass is 35.5. The third kappa shape index (κ3) is 14.8. The predicted molar refractivity (Wildman–Crippen MR) is 59.9 cm³/mol. The van der Waals surface area contributed by atoms with Crippen molar-refractivity contribution in [3.8, 4) is 0 Å². The molecule has 0 atom stereocenters. The minimum Gasteiger partial charge on any atom is -1.00 e. The van der Waals surface area contributed by atoms with Gasteiger partial charge in [-0.25, -0.2) is 0 Å². The van der Waals surface area contributed by atoms with Crippen molar-refractivity contribution in [1.82, 2.24) is 0 Å². The highest BCUT2D eigenvalue weighted by molar-refractivity contribution is 4.52. The highest BCUT2D eigenvalue weighted by Crippen LogP contribution is 2.03. The Kier molecular flexibility index (Phi) is 11.7. The summed E-state index contributed by atoms with van der Waals surface area (Å²) in [4.78, 5) is 0. The molecule has 0 unspecified atom stereocenters. The molecule has 0 aromatic rings. The first kappa shape index (κ1) is 16.7. The van der Waals surface area contributed by atoms with E-state index in [2.05, 4.69) is 33.0 Å². The normalized spacial score (nSPS) is 11.1. The van der Waals surface area contributed by atoms with Crippen LogP contribution in [0.4, 0.5) is 0 Å². The van der Waals surface area contributed by atoms with Crippen LogP contribution in [0.1, 0.15) is 66.2 Å². The largest absolute Gasteiger partial charge is 1.00 e. The van der Waals surface area contributed by atoms with Crippen LogP contribution in [0.3, 0.4) is 0 Å². The molecule has 0 aliphatic carbocycles. The highest BCUT2D eigenvalue weighted by Gasteiger charge is 2.11. The molecule has 0 spiro atoms. The molecular formula is C12H28ClN. The van der Waals surface area contributed by atoms with E-state index in [0.717, 1.165) is 0 Å². The minimum absolute atomic E-state index is 0. The second kappa shape index (κ2) is 9.79. The first-order valence-electron chi connectivity index (χ1n) is 5.90. The van der Waals surface area contributed by atoms with E-state index < -0.39 is 0 Å². The van der Waals surface area contributed by atoms with Gasteiger partial charge in [0, 0.05) is 0 Å².